The molecule has 1 unspecified atom stereocenters. The molecule has 0 aliphatic carbocycles. The van der Waals surface area contributed by atoms with Gasteiger partial charge in [0.15, 0.2) is 5.82 Å². The van der Waals surface area contributed by atoms with Gasteiger partial charge in [0.05, 0.1) is 11.4 Å². The lowest BCUT2D eigenvalue weighted by atomic mass is 10.1. The fourth-order valence-corrected chi connectivity index (χ4v) is 2.90. The van der Waals surface area contributed by atoms with Crippen molar-refractivity contribution in [2.75, 3.05) is 26.0 Å². The van der Waals surface area contributed by atoms with Gasteiger partial charge in [-0.3, -0.25) is 4.79 Å². The molecule has 1 N–H and O–H groups in total. The minimum absolute atomic E-state index is 0.0802. The Morgan fingerprint density at radius 1 is 1.00 bits per heavy atom. The van der Waals surface area contributed by atoms with E-state index < -0.39 is 0 Å². The lowest BCUT2D eigenvalue weighted by Crippen LogP contribution is -2.28. The lowest BCUT2D eigenvalue weighted by Gasteiger charge is -2.25. The molecule has 0 spiro atoms. The minimum atomic E-state index is -0.0802. The second-order valence-electron chi connectivity index (χ2n) is 6.09. The first kappa shape index (κ1) is 19.7. The van der Waals surface area contributed by atoms with E-state index in [1.54, 1.807) is 7.05 Å². The normalized spacial score (nSPS) is 11.8. The monoisotopic (exact) mass is 352 g/mol. The second-order valence-corrected chi connectivity index (χ2v) is 6.09. The molecule has 0 aliphatic rings. The van der Waals surface area contributed by atoms with Gasteiger partial charge in [-0.25, -0.2) is 4.68 Å². The number of aromatic nitrogens is 2. The number of rotatable bonds is 5. The zero-order valence-corrected chi connectivity index (χ0v) is 16.2. The predicted octanol–water partition coefficient (Wildman–Crippen LogP) is 3.67. The molecule has 138 valence electrons. The van der Waals surface area contributed by atoms with E-state index in [0.29, 0.717) is 11.9 Å². The van der Waals surface area contributed by atoms with E-state index in [-0.39, 0.29) is 11.6 Å². The van der Waals surface area contributed by atoms with E-state index in [2.05, 4.69) is 41.5 Å². The smallest absolute Gasteiger partial charge is 0.274 e. The van der Waals surface area contributed by atoms with Gasteiger partial charge in [0, 0.05) is 19.0 Å². The fourth-order valence-electron chi connectivity index (χ4n) is 2.90. The molecule has 0 aliphatic heterocycles. The number of hydrogen-bond donors (Lipinski definition) is 1. The highest BCUT2D eigenvalue weighted by molar-refractivity contribution is 5.90. The van der Waals surface area contributed by atoms with Crippen molar-refractivity contribution >= 4 is 16.6 Å². The Labute approximate surface area is 155 Å². The van der Waals surface area contributed by atoms with E-state index >= 15 is 0 Å². The molecule has 26 heavy (non-hydrogen) atoms. The third-order valence-electron chi connectivity index (χ3n) is 4.23. The summed E-state index contributed by atoms with van der Waals surface area (Å²) < 4.78 is 1.39. The van der Waals surface area contributed by atoms with Crippen LogP contribution in [0, 0.1) is 0 Å². The first-order valence-corrected chi connectivity index (χ1v) is 8.99. The van der Waals surface area contributed by atoms with Gasteiger partial charge in [-0.1, -0.05) is 62.4 Å². The highest BCUT2D eigenvalue weighted by Gasteiger charge is 2.15. The topological polar surface area (TPSA) is 50.2 Å². The average Bonchev–Trinajstić information content (AvgIpc) is 2.68. The Bertz CT molecular complexity index is 887. The van der Waals surface area contributed by atoms with Crippen LogP contribution in [0.4, 0.5) is 5.82 Å². The SMILES string of the molecule is CC.CN(C)C(CNc1nn(C)c(=O)c2ccccc12)c1ccccc1. The molecular formula is C21H28N4O. The minimum Gasteiger partial charge on any atom is -0.366 e. The van der Waals surface area contributed by atoms with Gasteiger partial charge >= 0.3 is 0 Å². The summed E-state index contributed by atoms with van der Waals surface area (Å²) in [4.78, 5) is 14.4. The van der Waals surface area contributed by atoms with Gasteiger partial charge in [-0.05, 0) is 25.7 Å². The van der Waals surface area contributed by atoms with E-state index in [9.17, 15) is 4.79 Å². The van der Waals surface area contributed by atoms with Crippen LogP contribution in [0.5, 0.6) is 0 Å². The molecule has 3 rings (SSSR count). The van der Waals surface area contributed by atoms with E-state index in [0.717, 1.165) is 11.2 Å². The number of likely N-dealkylation sites (N-methyl/N-ethyl adjacent to an activating group) is 1. The maximum atomic E-state index is 12.2. The van der Waals surface area contributed by atoms with E-state index in [4.69, 9.17) is 0 Å². The van der Waals surface area contributed by atoms with Crippen LogP contribution in [0.3, 0.4) is 0 Å². The summed E-state index contributed by atoms with van der Waals surface area (Å²) in [7, 11) is 5.80. The zero-order chi connectivity index (χ0) is 19.1. The van der Waals surface area contributed by atoms with Crippen molar-refractivity contribution in [3.8, 4) is 0 Å². The lowest BCUT2D eigenvalue weighted by molar-refractivity contribution is 0.311. The van der Waals surface area contributed by atoms with Crippen LogP contribution in [0.15, 0.2) is 59.4 Å². The number of aryl methyl sites for hydroxylation is 1. The van der Waals surface area contributed by atoms with Crippen molar-refractivity contribution in [1.82, 2.24) is 14.7 Å². The largest absolute Gasteiger partial charge is 0.366 e. The Kier molecular flexibility index (Phi) is 6.92. The predicted molar refractivity (Wildman–Crippen MR) is 110 cm³/mol. The maximum Gasteiger partial charge on any atom is 0.274 e. The number of hydrogen-bond acceptors (Lipinski definition) is 4. The van der Waals surface area contributed by atoms with Crippen molar-refractivity contribution in [2.45, 2.75) is 19.9 Å². The molecule has 5 nitrogen and oxygen atoms in total. The Balaban J connectivity index is 0.00000117. The van der Waals surface area contributed by atoms with Crippen LogP contribution >= 0.6 is 0 Å². The summed E-state index contributed by atoms with van der Waals surface area (Å²) in [5.41, 5.74) is 1.16. The van der Waals surface area contributed by atoms with Crippen molar-refractivity contribution in [3.63, 3.8) is 0 Å². The molecule has 2 aromatic carbocycles. The third-order valence-corrected chi connectivity index (χ3v) is 4.23. The molecule has 1 atom stereocenters. The molecule has 0 saturated heterocycles. The molecule has 0 radical (unpaired) electrons. The zero-order valence-electron chi connectivity index (χ0n) is 16.2. The van der Waals surface area contributed by atoms with Gasteiger partial charge in [-0.15, -0.1) is 0 Å². The quantitative estimate of drug-likeness (QED) is 0.761. The number of anilines is 1. The summed E-state index contributed by atoms with van der Waals surface area (Å²) in [6.45, 7) is 4.70. The van der Waals surface area contributed by atoms with Gasteiger partial charge in [-0.2, -0.15) is 5.10 Å². The van der Waals surface area contributed by atoms with Crippen LogP contribution in [0.2, 0.25) is 0 Å². The van der Waals surface area contributed by atoms with E-state index in [1.807, 2.05) is 56.3 Å². The first-order chi connectivity index (χ1) is 12.6. The van der Waals surface area contributed by atoms with Crippen LogP contribution in [-0.4, -0.2) is 35.3 Å². The average molecular weight is 352 g/mol. The molecule has 5 heteroatoms. The Hall–Kier alpha value is -2.66. The number of nitrogens with one attached hydrogen (secondary N) is 1. The molecule has 0 saturated carbocycles. The standard InChI is InChI=1S/C19H22N4O.C2H6/c1-22(2)17(14-9-5-4-6-10-14)13-20-18-15-11-7-8-12-16(15)19(24)23(3)21-18;1-2/h4-12,17H,13H2,1-3H3,(H,20,21);1-2H3. The fraction of sp³-hybridized carbons (Fsp3) is 0.333. The summed E-state index contributed by atoms with van der Waals surface area (Å²) in [6, 6.07) is 18.1. The van der Waals surface area contributed by atoms with Gasteiger partial charge in [0.1, 0.15) is 0 Å². The summed E-state index contributed by atoms with van der Waals surface area (Å²) >= 11 is 0. The molecule has 0 amide bonds. The molecule has 1 heterocycles. The van der Waals surface area contributed by atoms with Crippen LogP contribution in [0.25, 0.3) is 10.8 Å². The maximum absolute atomic E-state index is 12.2. The molecule has 1 aromatic heterocycles. The molecular weight excluding hydrogens is 324 g/mol. The highest BCUT2D eigenvalue weighted by atomic mass is 16.1. The van der Waals surface area contributed by atoms with Crippen LogP contribution in [0.1, 0.15) is 25.5 Å². The Morgan fingerprint density at radius 3 is 2.19 bits per heavy atom. The van der Waals surface area contributed by atoms with Crippen molar-refractivity contribution in [3.05, 3.63) is 70.5 Å². The van der Waals surface area contributed by atoms with Crippen molar-refractivity contribution in [2.24, 2.45) is 7.05 Å². The van der Waals surface area contributed by atoms with Gasteiger partial charge < -0.3 is 10.2 Å². The summed E-state index contributed by atoms with van der Waals surface area (Å²) in [5.74, 6) is 0.732. The van der Waals surface area contributed by atoms with E-state index in [1.165, 1.54) is 10.2 Å². The summed E-state index contributed by atoms with van der Waals surface area (Å²) in [5, 5.41) is 9.36. The van der Waals surface area contributed by atoms with Crippen LogP contribution < -0.4 is 10.9 Å². The number of nitrogens with zero attached hydrogens (tertiary/aromatic N) is 3. The van der Waals surface area contributed by atoms with Crippen molar-refractivity contribution in [1.29, 1.82) is 0 Å². The van der Waals surface area contributed by atoms with Gasteiger partial charge in [0.2, 0.25) is 0 Å². The Morgan fingerprint density at radius 2 is 1.58 bits per heavy atom. The molecule has 3 aromatic rings. The number of fused-ring (bicyclic) bond motifs is 1. The highest BCUT2D eigenvalue weighted by Crippen LogP contribution is 2.21. The molecule has 0 bridgehead atoms. The van der Waals surface area contributed by atoms with Gasteiger partial charge in [0.25, 0.3) is 5.56 Å². The first-order valence-electron chi connectivity index (χ1n) is 8.99. The summed E-state index contributed by atoms with van der Waals surface area (Å²) in [6.07, 6.45) is 0. The van der Waals surface area contributed by atoms with Crippen LogP contribution in [-0.2, 0) is 7.05 Å². The molecule has 0 fully saturated rings. The second kappa shape index (κ2) is 9.15. The number of benzene rings is 2. The third kappa shape index (κ3) is 4.29. The van der Waals surface area contributed by atoms with Crippen molar-refractivity contribution < 1.29 is 0 Å².